The van der Waals surface area contributed by atoms with Crippen molar-refractivity contribution in [1.82, 2.24) is 10.3 Å². The van der Waals surface area contributed by atoms with Gasteiger partial charge in [0.05, 0.1) is 27.7 Å². The molecule has 1 unspecified atom stereocenters. The van der Waals surface area contributed by atoms with Crippen molar-refractivity contribution < 1.29 is 23.8 Å². The summed E-state index contributed by atoms with van der Waals surface area (Å²) in [6.45, 7) is 1.12. The zero-order valence-corrected chi connectivity index (χ0v) is 20.2. The van der Waals surface area contributed by atoms with E-state index >= 15 is 0 Å². The van der Waals surface area contributed by atoms with Crippen molar-refractivity contribution in [1.29, 1.82) is 0 Å². The Labute approximate surface area is 212 Å². The average molecular weight is 510 g/mol. The van der Waals surface area contributed by atoms with Gasteiger partial charge in [-0.3, -0.25) is 4.79 Å². The molecule has 2 aromatic carbocycles. The number of rotatable bonds is 8. The van der Waals surface area contributed by atoms with Gasteiger partial charge in [-0.1, -0.05) is 29.8 Å². The lowest BCUT2D eigenvalue weighted by atomic mass is 10.0. The molecule has 36 heavy (non-hydrogen) atoms. The van der Waals surface area contributed by atoms with Crippen LogP contribution in [0.1, 0.15) is 52.0 Å². The number of anilines is 1. The smallest absolute Gasteiger partial charge is 0.335 e. The molecule has 5 rings (SSSR count). The molecule has 2 heterocycles. The van der Waals surface area contributed by atoms with Crippen LogP contribution in [-0.2, 0) is 5.54 Å². The highest BCUT2D eigenvalue weighted by Gasteiger charge is 2.46. The lowest BCUT2D eigenvalue weighted by molar-refractivity contribution is 0.0696. The molecule has 186 valence electrons. The normalized spacial score (nSPS) is 18.1. The minimum Gasteiger partial charge on any atom is -0.491 e. The summed E-state index contributed by atoms with van der Waals surface area (Å²) in [7, 11) is 0. The van der Waals surface area contributed by atoms with Crippen molar-refractivity contribution in [2.45, 2.75) is 37.3 Å². The molecule has 1 amide bonds. The number of nitrogens with zero attached hydrogens (tertiary/aromatic N) is 2. The molecule has 1 aliphatic heterocycles. The largest absolute Gasteiger partial charge is 0.491 e. The summed E-state index contributed by atoms with van der Waals surface area (Å²) < 4.78 is 19.3. The lowest BCUT2D eigenvalue weighted by Crippen LogP contribution is -2.36. The summed E-state index contributed by atoms with van der Waals surface area (Å²) in [6, 6.07) is 14.3. The summed E-state index contributed by atoms with van der Waals surface area (Å²) in [5.41, 5.74) is 0.854. The third-order valence-corrected chi connectivity index (χ3v) is 7.08. The van der Waals surface area contributed by atoms with E-state index in [1.807, 2.05) is 0 Å². The van der Waals surface area contributed by atoms with Crippen molar-refractivity contribution in [2.24, 2.45) is 0 Å². The maximum absolute atomic E-state index is 13.5. The van der Waals surface area contributed by atoms with Gasteiger partial charge in [0.25, 0.3) is 5.91 Å². The van der Waals surface area contributed by atoms with Crippen LogP contribution < -0.4 is 15.0 Å². The number of hydrogen-bond acceptors (Lipinski definition) is 5. The first kappa shape index (κ1) is 24.1. The number of carboxylic acids is 1. The molecular weight excluding hydrogens is 485 g/mol. The molecule has 7 nitrogen and oxygen atoms in total. The van der Waals surface area contributed by atoms with Crippen LogP contribution >= 0.6 is 11.6 Å². The van der Waals surface area contributed by atoms with Crippen LogP contribution in [0.4, 0.5) is 10.2 Å². The maximum atomic E-state index is 13.5. The number of ether oxygens (including phenoxy) is 1. The van der Waals surface area contributed by atoms with E-state index in [9.17, 15) is 14.0 Å². The first-order chi connectivity index (χ1) is 17.3. The topological polar surface area (TPSA) is 91.8 Å². The van der Waals surface area contributed by atoms with Crippen LogP contribution in [0.3, 0.4) is 0 Å². The molecule has 0 bridgehead atoms. The van der Waals surface area contributed by atoms with Gasteiger partial charge in [0.2, 0.25) is 0 Å². The molecule has 1 saturated carbocycles. The van der Waals surface area contributed by atoms with Crippen LogP contribution in [0.2, 0.25) is 5.02 Å². The number of pyridine rings is 1. The minimum absolute atomic E-state index is 0.0281. The Balaban J connectivity index is 1.30. The number of nitrogens with one attached hydrogen (secondary N) is 1. The van der Waals surface area contributed by atoms with Crippen molar-refractivity contribution >= 4 is 29.3 Å². The van der Waals surface area contributed by atoms with Crippen LogP contribution in [0.15, 0.2) is 60.8 Å². The Bertz CT molecular complexity index is 1300. The van der Waals surface area contributed by atoms with Crippen LogP contribution in [0.25, 0.3) is 0 Å². The summed E-state index contributed by atoms with van der Waals surface area (Å²) in [4.78, 5) is 31.0. The van der Waals surface area contributed by atoms with Crippen LogP contribution in [0, 0.1) is 5.82 Å². The van der Waals surface area contributed by atoms with Crippen molar-refractivity contribution in [2.75, 3.05) is 18.1 Å². The number of benzene rings is 2. The Morgan fingerprint density at radius 1 is 1.19 bits per heavy atom. The third kappa shape index (κ3) is 4.99. The molecular formula is C27H25ClFN3O4. The van der Waals surface area contributed by atoms with Crippen LogP contribution in [-0.4, -0.2) is 41.2 Å². The van der Waals surface area contributed by atoms with Gasteiger partial charge in [-0.05, 0) is 61.6 Å². The van der Waals surface area contributed by atoms with Gasteiger partial charge in [0.15, 0.2) is 0 Å². The van der Waals surface area contributed by atoms with Crippen LogP contribution in [0.5, 0.6) is 5.75 Å². The summed E-state index contributed by atoms with van der Waals surface area (Å²) in [6.07, 6.45) is 4.82. The summed E-state index contributed by atoms with van der Waals surface area (Å²) >= 11 is 6.37. The fraction of sp³-hybridized carbons (Fsp3) is 0.296. The molecule has 1 aliphatic carbocycles. The number of aromatic carboxylic acids is 1. The summed E-state index contributed by atoms with van der Waals surface area (Å²) in [5, 5.41) is 12.5. The number of carboxylic acid groups (broad SMARTS) is 1. The molecule has 3 aromatic rings. The van der Waals surface area contributed by atoms with Crippen molar-refractivity contribution in [3.63, 3.8) is 0 Å². The highest BCUT2D eigenvalue weighted by atomic mass is 35.5. The van der Waals surface area contributed by atoms with Gasteiger partial charge < -0.3 is 20.1 Å². The third-order valence-electron chi connectivity index (χ3n) is 6.78. The number of aromatic nitrogens is 1. The average Bonchev–Trinajstić information content (AvgIpc) is 3.49. The van der Waals surface area contributed by atoms with Gasteiger partial charge in [-0.2, -0.15) is 0 Å². The second kappa shape index (κ2) is 9.78. The van der Waals surface area contributed by atoms with E-state index in [1.165, 1.54) is 18.3 Å². The first-order valence-corrected chi connectivity index (χ1v) is 12.2. The Morgan fingerprint density at radius 2 is 1.97 bits per heavy atom. The van der Waals surface area contributed by atoms with E-state index in [1.54, 1.807) is 42.5 Å². The number of carbonyl (C=O) groups is 2. The van der Waals surface area contributed by atoms with Gasteiger partial charge in [-0.25, -0.2) is 14.2 Å². The quantitative estimate of drug-likeness (QED) is 0.442. The van der Waals surface area contributed by atoms with E-state index in [0.717, 1.165) is 37.8 Å². The van der Waals surface area contributed by atoms with E-state index in [-0.39, 0.29) is 28.4 Å². The van der Waals surface area contributed by atoms with Gasteiger partial charge in [-0.15, -0.1) is 0 Å². The monoisotopic (exact) mass is 509 g/mol. The molecule has 2 N–H and O–H groups in total. The van der Waals surface area contributed by atoms with Crippen molar-refractivity contribution in [3.8, 4) is 5.75 Å². The molecule has 0 spiro atoms. The fourth-order valence-electron chi connectivity index (χ4n) is 4.65. The second-order valence-electron chi connectivity index (χ2n) is 9.20. The molecule has 2 fully saturated rings. The Hall–Kier alpha value is -3.65. The molecule has 0 radical (unpaired) electrons. The van der Waals surface area contributed by atoms with Gasteiger partial charge in [0.1, 0.15) is 24.0 Å². The fourth-order valence-corrected chi connectivity index (χ4v) is 4.84. The molecule has 1 aromatic heterocycles. The number of halogens is 2. The molecule has 1 atom stereocenters. The highest BCUT2D eigenvalue weighted by molar-refractivity contribution is 6.33. The zero-order valence-electron chi connectivity index (χ0n) is 19.4. The number of carbonyl (C=O) groups excluding carboxylic acids is 1. The molecule has 2 aliphatic rings. The maximum Gasteiger partial charge on any atom is 0.335 e. The highest BCUT2D eigenvalue weighted by Crippen LogP contribution is 2.46. The minimum atomic E-state index is -0.993. The van der Waals surface area contributed by atoms with E-state index in [2.05, 4.69) is 15.2 Å². The van der Waals surface area contributed by atoms with Gasteiger partial charge in [0, 0.05) is 18.8 Å². The zero-order chi connectivity index (χ0) is 25.3. The SMILES string of the molecule is O=C(O)c1ccc(C2(NC(=O)c3cc(N4CCCC4COc4cccc(F)c4)ncc3Cl)CC2)cc1. The predicted molar refractivity (Wildman–Crippen MR) is 133 cm³/mol. The molecule has 9 heteroatoms. The number of amides is 1. The van der Waals surface area contributed by atoms with Crippen molar-refractivity contribution in [3.05, 3.63) is 88.3 Å². The van der Waals surface area contributed by atoms with E-state index < -0.39 is 11.5 Å². The Kier molecular flexibility index (Phi) is 6.53. The predicted octanol–water partition coefficient (Wildman–Crippen LogP) is 5.04. The summed E-state index contributed by atoms with van der Waals surface area (Å²) in [5.74, 6) is -0.553. The van der Waals surface area contributed by atoms with Gasteiger partial charge >= 0.3 is 5.97 Å². The van der Waals surface area contributed by atoms with E-state index in [0.29, 0.717) is 23.7 Å². The van der Waals surface area contributed by atoms with E-state index in [4.69, 9.17) is 21.4 Å². The number of hydrogen-bond donors (Lipinski definition) is 2. The standard InChI is InChI=1S/C27H25ClFN3O4/c28-23-15-30-24(32-12-2-4-20(32)16-36-21-5-1-3-19(29)13-21)14-22(23)25(33)31-27(10-11-27)18-8-6-17(7-9-18)26(34)35/h1,3,5-9,13-15,20H,2,4,10-12,16H2,(H,31,33)(H,34,35). The second-order valence-corrected chi connectivity index (χ2v) is 9.61. The lowest BCUT2D eigenvalue weighted by Gasteiger charge is -2.26. The molecule has 1 saturated heterocycles. The first-order valence-electron chi connectivity index (χ1n) is 11.8. The Morgan fingerprint density at radius 3 is 2.67 bits per heavy atom.